The number of nitrogens with one attached hydrogen (secondary N) is 1. The van der Waals surface area contributed by atoms with Crippen LogP contribution in [0.5, 0.6) is 5.75 Å². The van der Waals surface area contributed by atoms with Crippen LogP contribution in [-0.4, -0.2) is 13.2 Å². The molecule has 1 heterocycles. The minimum absolute atomic E-state index is 0.236. The smallest absolute Gasteiger partial charge is 0.142 e. The van der Waals surface area contributed by atoms with E-state index in [9.17, 15) is 0 Å². The van der Waals surface area contributed by atoms with Crippen LogP contribution in [0.4, 0.5) is 5.69 Å². The fraction of sp³-hybridized carbons (Fsp3) is 0.647. The summed E-state index contributed by atoms with van der Waals surface area (Å²) < 4.78 is 5.55. The highest BCUT2D eigenvalue weighted by Crippen LogP contribution is 2.51. The minimum atomic E-state index is 0.236. The second-order valence-corrected chi connectivity index (χ2v) is 6.88. The third kappa shape index (κ3) is 1.92. The lowest BCUT2D eigenvalue weighted by molar-refractivity contribution is 0.173. The number of ether oxygens (including phenoxy) is 1. The molecule has 1 aromatic carbocycles. The lowest BCUT2D eigenvalue weighted by Crippen LogP contribution is -2.49. The maximum Gasteiger partial charge on any atom is 0.142 e. The van der Waals surface area contributed by atoms with Crippen LogP contribution < -0.4 is 10.1 Å². The Balaban J connectivity index is 2.07. The Morgan fingerprint density at radius 3 is 2.79 bits per heavy atom. The van der Waals surface area contributed by atoms with Crippen LogP contribution in [-0.2, 0) is 5.41 Å². The van der Waals surface area contributed by atoms with Gasteiger partial charge in [0, 0.05) is 6.04 Å². The van der Waals surface area contributed by atoms with Crippen molar-refractivity contribution >= 4 is 5.69 Å². The van der Waals surface area contributed by atoms with Gasteiger partial charge in [-0.25, -0.2) is 0 Å². The summed E-state index contributed by atoms with van der Waals surface area (Å²) in [5, 5.41) is 3.78. The summed E-state index contributed by atoms with van der Waals surface area (Å²) in [6.45, 7) is 7.18. The van der Waals surface area contributed by atoms with Crippen molar-refractivity contribution in [1.82, 2.24) is 0 Å². The highest BCUT2D eigenvalue weighted by Gasteiger charge is 2.45. The first kappa shape index (κ1) is 12.8. The molecule has 0 amide bonds. The molecule has 3 atom stereocenters. The van der Waals surface area contributed by atoms with Crippen LogP contribution in [0.25, 0.3) is 0 Å². The molecule has 0 saturated heterocycles. The van der Waals surface area contributed by atoms with E-state index >= 15 is 0 Å². The SMILES string of the molecule is COc1cccc2c1NC1CC(C)CCC1C2(C)C. The highest BCUT2D eigenvalue weighted by molar-refractivity contribution is 5.67. The summed E-state index contributed by atoms with van der Waals surface area (Å²) in [6.07, 6.45) is 3.99. The molecule has 0 radical (unpaired) electrons. The van der Waals surface area contributed by atoms with Gasteiger partial charge in [-0.1, -0.05) is 39.3 Å². The number of methoxy groups -OCH3 is 1. The number of para-hydroxylation sites is 1. The van der Waals surface area contributed by atoms with Gasteiger partial charge in [0.15, 0.2) is 0 Å². The fourth-order valence-corrected chi connectivity index (χ4v) is 4.18. The van der Waals surface area contributed by atoms with Crippen LogP contribution in [0.3, 0.4) is 0 Å². The molecular formula is C17H25NO. The Morgan fingerprint density at radius 1 is 1.26 bits per heavy atom. The van der Waals surface area contributed by atoms with E-state index in [0.717, 1.165) is 17.6 Å². The van der Waals surface area contributed by atoms with E-state index in [-0.39, 0.29) is 5.41 Å². The molecule has 2 heteroatoms. The molecule has 3 rings (SSSR count). The maximum atomic E-state index is 5.55. The zero-order valence-corrected chi connectivity index (χ0v) is 12.5. The molecule has 19 heavy (non-hydrogen) atoms. The number of rotatable bonds is 1. The number of hydrogen-bond acceptors (Lipinski definition) is 2. The Bertz CT molecular complexity index is 480. The monoisotopic (exact) mass is 259 g/mol. The van der Waals surface area contributed by atoms with Gasteiger partial charge in [0.05, 0.1) is 12.8 Å². The molecule has 1 aliphatic heterocycles. The first-order valence-electron chi connectivity index (χ1n) is 7.48. The zero-order valence-electron chi connectivity index (χ0n) is 12.5. The maximum absolute atomic E-state index is 5.55. The van der Waals surface area contributed by atoms with Gasteiger partial charge in [0.25, 0.3) is 0 Å². The number of fused-ring (bicyclic) bond motifs is 2. The Labute approximate surface area is 116 Å². The topological polar surface area (TPSA) is 21.3 Å². The lowest BCUT2D eigenvalue weighted by atomic mass is 9.61. The molecule has 2 nitrogen and oxygen atoms in total. The number of hydrogen-bond donors (Lipinski definition) is 1. The molecule has 1 saturated carbocycles. The average Bonchev–Trinajstić information content (AvgIpc) is 2.37. The predicted molar refractivity (Wildman–Crippen MR) is 79.9 cm³/mol. The summed E-state index contributed by atoms with van der Waals surface area (Å²) in [5.74, 6) is 2.56. The van der Waals surface area contributed by atoms with Crippen LogP contribution in [0.2, 0.25) is 0 Å². The third-order valence-corrected chi connectivity index (χ3v) is 5.31. The molecule has 1 N–H and O–H groups in total. The largest absolute Gasteiger partial charge is 0.495 e. The van der Waals surface area contributed by atoms with Crippen LogP contribution in [0, 0.1) is 11.8 Å². The summed E-state index contributed by atoms with van der Waals surface area (Å²) >= 11 is 0. The minimum Gasteiger partial charge on any atom is -0.495 e. The van der Waals surface area contributed by atoms with E-state index in [1.54, 1.807) is 7.11 Å². The van der Waals surface area contributed by atoms with Crippen molar-refractivity contribution in [3.63, 3.8) is 0 Å². The summed E-state index contributed by atoms with van der Waals surface area (Å²) in [4.78, 5) is 0. The van der Waals surface area contributed by atoms with Crippen LogP contribution in [0.1, 0.15) is 45.6 Å². The Morgan fingerprint density at radius 2 is 2.05 bits per heavy atom. The molecule has 2 aliphatic rings. The van der Waals surface area contributed by atoms with E-state index in [0.29, 0.717) is 6.04 Å². The van der Waals surface area contributed by atoms with Crippen molar-refractivity contribution in [3.8, 4) is 5.75 Å². The van der Waals surface area contributed by atoms with Crippen molar-refractivity contribution in [2.75, 3.05) is 12.4 Å². The average molecular weight is 259 g/mol. The normalized spacial score (nSPS) is 31.9. The van der Waals surface area contributed by atoms with Gasteiger partial charge < -0.3 is 10.1 Å². The standard InChI is InChI=1S/C17H25NO/c1-11-8-9-12-14(10-11)18-16-13(17(12,2)3)6-5-7-15(16)19-4/h5-7,11-12,14,18H,8-10H2,1-4H3. The molecule has 1 aromatic rings. The molecule has 1 aliphatic carbocycles. The van der Waals surface area contributed by atoms with Crippen molar-refractivity contribution in [3.05, 3.63) is 23.8 Å². The molecule has 0 bridgehead atoms. The highest BCUT2D eigenvalue weighted by atomic mass is 16.5. The van der Waals surface area contributed by atoms with Gasteiger partial charge in [-0.3, -0.25) is 0 Å². The van der Waals surface area contributed by atoms with Crippen LogP contribution in [0.15, 0.2) is 18.2 Å². The van der Waals surface area contributed by atoms with E-state index in [1.165, 1.54) is 30.5 Å². The van der Waals surface area contributed by atoms with E-state index in [4.69, 9.17) is 4.74 Å². The molecule has 3 unspecified atom stereocenters. The zero-order chi connectivity index (χ0) is 13.6. The summed E-state index contributed by atoms with van der Waals surface area (Å²) in [6, 6.07) is 7.04. The fourth-order valence-electron chi connectivity index (χ4n) is 4.18. The van der Waals surface area contributed by atoms with Gasteiger partial charge >= 0.3 is 0 Å². The Kier molecular flexibility index (Phi) is 2.99. The van der Waals surface area contributed by atoms with E-state index in [2.05, 4.69) is 44.3 Å². The van der Waals surface area contributed by atoms with Crippen molar-refractivity contribution in [2.24, 2.45) is 11.8 Å². The lowest BCUT2D eigenvalue weighted by Gasteiger charge is -2.50. The second-order valence-electron chi connectivity index (χ2n) is 6.88. The van der Waals surface area contributed by atoms with Gasteiger partial charge in [0.1, 0.15) is 5.75 Å². The molecule has 0 aromatic heterocycles. The van der Waals surface area contributed by atoms with E-state index < -0.39 is 0 Å². The van der Waals surface area contributed by atoms with Crippen molar-refractivity contribution in [1.29, 1.82) is 0 Å². The van der Waals surface area contributed by atoms with Gasteiger partial charge in [-0.2, -0.15) is 0 Å². The quantitative estimate of drug-likeness (QED) is 0.816. The van der Waals surface area contributed by atoms with E-state index in [1.807, 2.05) is 0 Å². The molecular weight excluding hydrogens is 234 g/mol. The van der Waals surface area contributed by atoms with Crippen molar-refractivity contribution in [2.45, 2.75) is 51.5 Å². The first-order chi connectivity index (χ1) is 9.04. The third-order valence-electron chi connectivity index (χ3n) is 5.31. The number of benzene rings is 1. The summed E-state index contributed by atoms with van der Waals surface area (Å²) in [5.41, 5.74) is 2.88. The van der Waals surface area contributed by atoms with Crippen molar-refractivity contribution < 1.29 is 4.74 Å². The molecule has 0 spiro atoms. The Hall–Kier alpha value is -1.18. The first-order valence-corrected chi connectivity index (χ1v) is 7.48. The van der Waals surface area contributed by atoms with Crippen LogP contribution >= 0.6 is 0 Å². The van der Waals surface area contributed by atoms with Gasteiger partial charge in [0.2, 0.25) is 0 Å². The number of anilines is 1. The summed E-state index contributed by atoms with van der Waals surface area (Å²) in [7, 11) is 1.76. The molecule has 1 fully saturated rings. The second kappa shape index (κ2) is 4.43. The predicted octanol–water partition coefficient (Wildman–Crippen LogP) is 4.20. The van der Waals surface area contributed by atoms with Gasteiger partial charge in [-0.05, 0) is 41.7 Å². The van der Waals surface area contributed by atoms with Gasteiger partial charge in [-0.15, -0.1) is 0 Å². The molecule has 104 valence electrons.